The van der Waals surface area contributed by atoms with Gasteiger partial charge in [0.1, 0.15) is 6.61 Å². The standard InChI is InChI=1S/C32H58NO8P/c1-3-5-7-8-9-10-11-12-13-14-15-16-17-18-19-20-21-22-23-25-32(35)41-30(28-38-31(34)24-6-4-2)29-40-42(36,37)39-27-26-33/h9-10,12-13,15-16,30H,3-8,11,14,17-29,33H2,1-2H3,(H,36,37)/b10-9-,13-12-,16-15-. The van der Waals surface area contributed by atoms with Gasteiger partial charge in [-0.2, -0.15) is 0 Å². The summed E-state index contributed by atoms with van der Waals surface area (Å²) in [6, 6.07) is 0. The van der Waals surface area contributed by atoms with E-state index >= 15 is 0 Å². The molecule has 0 bridgehead atoms. The monoisotopic (exact) mass is 615 g/mol. The highest BCUT2D eigenvalue weighted by atomic mass is 31.2. The molecule has 9 nitrogen and oxygen atoms in total. The van der Waals surface area contributed by atoms with Crippen LogP contribution in [0.15, 0.2) is 36.5 Å². The molecule has 3 N–H and O–H groups in total. The van der Waals surface area contributed by atoms with E-state index in [9.17, 15) is 19.0 Å². The fourth-order valence-corrected chi connectivity index (χ4v) is 4.62. The van der Waals surface area contributed by atoms with Crippen LogP contribution in [0.4, 0.5) is 0 Å². The molecule has 0 aromatic heterocycles. The zero-order valence-corrected chi connectivity index (χ0v) is 27.1. The van der Waals surface area contributed by atoms with Gasteiger partial charge < -0.3 is 20.1 Å². The highest BCUT2D eigenvalue weighted by molar-refractivity contribution is 7.47. The van der Waals surface area contributed by atoms with Gasteiger partial charge in [0.25, 0.3) is 0 Å². The van der Waals surface area contributed by atoms with Crippen LogP contribution in [0.2, 0.25) is 0 Å². The molecule has 0 heterocycles. The predicted molar refractivity (Wildman–Crippen MR) is 169 cm³/mol. The Bertz CT molecular complexity index is 799. The van der Waals surface area contributed by atoms with Crippen LogP contribution in [0, 0.1) is 0 Å². The SMILES string of the molecule is CCCCC/C=C\C/C=C\C/C=C\CCCCCCCCC(=O)OC(COC(=O)CCCC)COP(=O)(O)OCCN. The molecule has 0 aromatic carbocycles. The Balaban J connectivity index is 4.06. The summed E-state index contributed by atoms with van der Waals surface area (Å²) in [5.74, 6) is -0.890. The van der Waals surface area contributed by atoms with Gasteiger partial charge in [-0.05, 0) is 51.4 Å². The third kappa shape index (κ3) is 28.4. The van der Waals surface area contributed by atoms with Gasteiger partial charge in [-0.25, -0.2) is 4.57 Å². The molecule has 0 radical (unpaired) electrons. The van der Waals surface area contributed by atoms with Crippen molar-refractivity contribution in [2.75, 3.05) is 26.4 Å². The second-order valence-corrected chi connectivity index (χ2v) is 11.8. The number of phosphoric ester groups is 1. The normalized spacial score (nSPS) is 14.1. The van der Waals surface area contributed by atoms with Gasteiger partial charge >= 0.3 is 19.8 Å². The first-order chi connectivity index (χ1) is 20.3. The van der Waals surface area contributed by atoms with Crippen LogP contribution in [0.25, 0.3) is 0 Å². The lowest BCUT2D eigenvalue weighted by atomic mass is 10.1. The van der Waals surface area contributed by atoms with E-state index in [1.54, 1.807) is 0 Å². The number of carbonyl (C=O) groups excluding carboxylic acids is 2. The highest BCUT2D eigenvalue weighted by Crippen LogP contribution is 2.43. The first-order valence-corrected chi connectivity index (χ1v) is 17.5. The Labute approximate surface area is 254 Å². The number of hydrogen-bond donors (Lipinski definition) is 2. The average Bonchev–Trinajstić information content (AvgIpc) is 2.97. The maximum atomic E-state index is 12.3. The summed E-state index contributed by atoms with van der Waals surface area (Å²) in [4.78, 5) is 33.9. The minimum absolute atomic E-state index is 0.0496. The van der Waals surface area contributed by atoms with Gasteiger partial charge in [-0.3, -0.25) is 18.6 Å². The molecule has 42 heavy (non-hydrogen) atoms. The number of esters is 2. The molecule has 0 aliphatic carbocycles. The average molecular weight is 616 g/mol. The molecule has 0 fully saturated rings. The van der Waals surface area contributed by atoms with E-state index in [1.165, 1.54) is 25.7 Å². The van der Waals surface area contributed by atoms with Gasteiger partial charge in [0.15, 0.2) is 6.10 Å². The molecule has 0 aliphatic rings. The van der Waals surface area contributed by atoms with Crippen molar-refractivity contribution in [2.45, 2.75) is 129 Å². The number of rotatable bonds is 29. The summed E-state index contributed by atoms with van der Waals surface area (Å²) < 4.78 is 32.0. The van der Waals surface area contributed by atoms with Crippen molar-refractivity contribution in [1.82, 2.24) is 0 Å². The molecule has 0 aliphatic heterocycles. The quantitative estimate of drug-likeness (QED) is 0.0373. The second kappa shape index (κ2) is 29.3. The fourth-order valence-electron chi connectivity index (χ4n) is 3.85. The summed E-state index contributed by atoms with van der Waals surface area (Å²) in [6.07, 6.45) is 28.6. The Kier molecular flexibility index (Phi) is 28.1. The largest absolute Gasteiger partial charge is 0.472 e. The molecule has 0 amide bonds. The van der Waals surface area contributed by atoms with Crippen LogP contribution in [0.1, 0.15) is 123 Å². The molecule has 0 saturated heterocycles. The first kappa shape index (κ1) is 40.2. The van der Waals surface area contributed by atoms with Gasteiger partial charge in [0.2, 0.25) is 0 Å². The molecule has 0 aromatic rings. The number of nitrogens with two attached hydrogens (primary N) is 1. The van der Waals surface area contributed by atoms with Crippen molar-refractivity contribution in [3.05, 3.63) is 36.5 Å². The molecule has 0 saturated carbocycles. The van der Waals surface area contributed by atoms with Crippen LogP contribution in [0.5, 0.6) is 0 Å². The van der Waals surface area contributed by atoms with E-state index < -0.39 is 32.5 Å². The molecule has 0 spiro atoms. The topological polar surface area (TPSA) is 134 Å². The van der Waals surface area contributed by atoms with Crippen molar-refractivity contribution < 1.29 is 37.6 Å². The Morgan fingerprint density at radius 3 is 1.88 bits per heavy atom. The summed E-state index contributed by atoms with van der Waals surface area (Å²) in [7, 11) is -4.35. The maximum absolute atomic E-state index is 12.3. The van der Waals surface area contributed by atoms with Gasteiger partial charge in [-0.15, -0.1) is 0 Å². The van der Waals surface area contributed by atoms with E-state index in [0.29, 0.717) is 12.8 Å². The van der Waals surface area contributed by atoms with Crippen molar-refractivity contribution >= 4 is 19.8 Å². The lowest BCUT2D eigenvalue weighted by Crippen LogP contribution is -2.29. The summed E-state index contributed by atoms with van der Waals surface area (Å²) >= 11 is 0. The summed E-state index contributed by atoms with van der Waals surface area (Å²) in [5.41, 5.74) is 5.27. The number of carbonyl (C=O) groups is 2. The van der Waals surface area contributed by atoms with Crippen LogP contribution in [0.3, 0.4) is 0 Å². The molecule has 10 heteroatoms. The van der Waals surface area contributed by atoms with E-state index in [0.717, 1.165) is 57.8 Å². The second-order valence-electron chi connectivity index (χ2n) is 10.3. The van der Waals surface area contributed by atoms with Crippen LogP contribution < -0.4 is 5.73 Å². The lowest BCUT2D eigenvalue weighted by molar-refractivity contribution is -0.161. The zero-order valence-electron chi connectivity index (χ0n) is 26.2. The first-order valence-electron chi connectivity index (χ1n) is 16.0. The molecule has 2 unspecified atom stereocenters. The Hall–Kier alpha value is -1.77. The summed E-state index contributed by atoms with van der Waals surface area (Å²) in [6.45, 7) is 3.38. The van der Waals surface area contributed by atoms with E-state index in [4.69, 9.17) is 24.3 Å². The van der Waals surface area contributed by atoms with Crippen molar-refractivity contribution in [3.8, 4) is 0 Å². The maximum Gasteiger partial charge on any atom is 0.472 e. The van der Waals surface area contributed by atoms with Crippen LogP contribution >= 0.6 is 7.82 Å². The fraction of sp³-hybridized carbons (Fsp3) is 0.750. The van der Waals surface area contributed by atoms with Gasteiger partial charge in [-0.1, -0.05) is 95.2 Å². The Morgan fingerprint density at radius 2 is 1.26 bits per heavy atom. The smallest absolute Gasteiger partial charge is 0.462 e. The third-order valence-corrected chi connectivity index (χ3v) is 7.26. The van der Waals surface area contributed by atoms with Crippen molar-refractivity contribution in [1.29, 1.82) is 0 Å². The number of hydrogen-bond acceptors (Lipinski definition) is 8. The van der Waals surface area contributed by atoms with E-state index in [1.807, 2.05) is 6.92 Å². The number of allylic oxidation sites excluding steroid dienone is 6. The van der Waals surface area contributed by atoms with Crippen molar-refractivity contribution in [3.63, 3.8) is 0 Å². The lowest BCUT2D eigenvalue weighted by Gasteiger charge is -2.19. The molecular formula is C32H58NO8P. The number of phosphoric acid groups is 1. The molecule has 0 rings (SSSR count). The van der Waals surface area contributed by atoms with Gasteiger partial charge in [0, 0.05) is 19.4 Å². The minimum Gasteiger partial charge on any atom is -0.462 e. The Morgan fingerprint density at radius 1 is 0.714 bits per heavy atom. The number of unbranched alkanes of at least 4 members (excludes halogenated alkanes) is 10. The molecule has 2 atom stereocenters. The predicted octanol–water partition coefficient (Wildman–Crippen LogP) is 7.87. The minimum atomic E-state index is -4.35. The van der Waals surface area contributed by atoms with E-state index in [-0.39, 0.29) is 32.6 Å². The number of ether oxygens (including phenoxy) is 2. The zero-order chi connectivity index (χ0) is 31.2. The van der Waals surface area contributed by atoms with Crippen LogP contribution in [-0.4, -0.2) is 49.3 Å². The summed E-state index contributed by atoms with van der Waals surface area (Å²) in [5, 5.41) is 0. The van der Waals surface area contributed by atoms with Crippen LogP contribution in [-0.2, 0) is 32.7 Å². The molecule has 244 valence electrons. The van der Waals surface area contributed by atoms with E-state index in [2.05, 4.69) is 43.4 Å². The van der Waals surface area contributed by atoms with Gasteiger partial charge in [0.05, 0.1) is 13.2 Å². The highest BCUT2D eigenvalue weighted by Gasteiger charge is 2.25. The van der Waals surface area contributed by atoms with Crippen molar-refractivity contribution in [2.24, 2.45) is 5.73 Å². The third-order valence-electron chi connectivity index (χ3n) is 6.28. The molecular weight excluding hydrogens is 557 g/mol.